The molecule has 5 rings (SSSR count). The number of ether oxygens (including phenoxy) is 1. The maximum absolute atomic E-state index is 13.4. The van der Waals surface area contributed by atoms with Gasteiger partial charge in [-0.15, -0.1) is 0 Å². The molecular weight excluding hydrogens is 563 g/mol. The lowest BCUT2D eigenvalue weighted by Gasteiger charge is -2.35. The highest BCUT2D eigenvalue weighted by atomic mass is 32.2. The summed E-state index contributed by atoms with van der Waals surface area (Å²) >= 11 is 0. The number of carbonyl (C=O) groups excluding carboxylic acids is 1. The second-order valence-corrected chi connectivity index (χ2v) is 12.9. The van der Waals surface area contributed by atoms with E-state index in [-0.39, 0.29) is 11.6 Å². The van der Waals surface area contributed by atoms with Crippen LogP contribution < -0.4 is 24.6 Å². The topological polar surface area (TPSA) is 124 Å². The Kier molecular flexibility index (Phi) is 7.99. The molecule has 1 aromatic heterocycles. The van der Waals surface area contributed by atoms with E-state index in [1.54, 1.807) is 25.2 Å². The molecule has 3 aliphatic rings. The van der Waals surface area contributed by atoms with Crippen LogP contribution in [0.15, 0.2) is 24.3 Å². The summed E-state index contributed by atoms with van der Waals surface area (Å²) in [5.74, 6) is -1.02. The molecule has 224 valence electrons. The van der Waals surface area contributed by atoms with Crippen LogP contribution in [0.1, 0.15) is 48.2 Å². The Morgan fingerprint density at radius 2 is 1.88 bits per heavy atom. The van der Waals surface area contributed by atoms with Crippen molar-refractivity contribution in [3.63, 3.8) is 0 Å². The minimum Gasteiger partial charge on any atom is -0.476 e. The summed E-state index contributed by atoms with van der Waals surface area (Å²) in [6.07, 6.45) is -0.520. The fraction of sp³-hybridized carbons (Fsp3) is 0.556. The number of hydrogen-bond donors (Lipinski definition) is 3. The molecule has 1 saturated heterocycles. The molecule has 41 heavy (non-hydrogen) atoms. The zero-order chi connectivity index (χ0) is 29.4. The highest BCUT2D eigenvalue weighted by Crippen LogP contribution is 2.54. The number of aliphatic hydroxyl groups excluding tert-OH is 1. The second-order valence-electron chi connectivity index (χ2n) is 11.0. The monoisotopic (exact) mass is 597 g/mol. The van der Waals surface area contributed by atoms with Crippen LogP contribution >= 0.6 is 0 Å². The number of pyridine rings is 1. The quantitative estimate of drug-likeness (QED) is 0.378. The van der Waals surface area contributed by atoms with Crippen LogP contribution in [0.4, 0.5) is 35.9 Å². The lowest BCUT2D eigenvalue weighted by molar-refractivity contribution is -0.139. The fourth-order valence-electron chi connectivity index (χ4n) is 5.44. The van der Waals surface area contributed by atoms with E-state index >= 15 is 0 Å². The van der Waals surface area contributed by atoms with Crippen molar-refractivity contribution < 1.29 is 36.2 Å². The van der Waals surface area contributed by atoms with E-state index in [1.807, 2.05) is 4.90 Å². The number of likely N-dealkylation sites (N-methyl/N-ethyl adjacent to an activating group) is 1. The summed E-state index contributed by atoms with van der Waals surface area (Å²) in [6, 6.07) is 6.41. The highest BCUT2D eigenvalue weighted by Gasteiger charge is 2.44. The van der Waals surface area contributed by atoms with Crippen molar-refractivity contribution >= 4 is 38.7 Å². The maximum atomic E-state index is 13.4. The normalized spacial score (nSPS) is 17.9. The Balaban J connectivity index is 1.41. The van der Waals surface area contributed by atoms with Gasteiger partial charge < -0.3 is 25.0 Å². The molecule has 3 N–H and O–H groups in total. The summed E-state index contributed by atoms with van der Waals surface area (Å²) in [4.78, 5) is 21.7. The van der Waals surface area contributed by atoms with Crippen molar-refractivity contribution in [1.82, 2.24) is 4.98 Å². The number of halogens is 3. The molecule has 2 fully saturated rings. The molecule has 1 aromatic carbocycles. The van der Waals surface area contributed by atoms with E-state index in [0.29, 0.717) is 41.1 Å². The van der Waals surface area contributed by atoms with E-state index in [4.69, 9.17) is 9.84 Å². The van der Waals surface area contributed by atoms with Gasteiger partial charge in [-0.3, -0.25) is 9.52 Å². The van der Waals surface area contributed by atoms with Crippen molar-refractivity contribution in [3.8, 4) is 5.88 Å². The number of benzene rings is 1. The number of anilines is 4. The number of amides is 1. The average molecular weight is 598 g/mol. The minimum absolute atomic E-state index is 0.00955. The first-order chi connectivity index (χ1) is 19.4. The van der Waals surface area contributed by atoms with Gasteiger partial charge in [0.1, 0.15) is 11.4 Å². The summed E-state index contributed by atoms with van der Waals surface area (Å²) in [5, 5.41) is 12.0. The molecule has 2 aliphatic heterocycles. The predicted molar refractivity (Wildman–Crippen MR) is 149 cm³/mol. The molecule has 1 saturated carbocycles. The first kappa shape index (κ1) is 29.2. The molecule has 2 aromatic rings. The number of aromatic nitrogens is 1. The number of sulfonamides is 1. The van der Waals surface area contributed by atoms with Gasteiger partial charge >= 0.3 is 6.18 Å². The summed E-state index contributed by atoms with van der Waals surface area (Å²) in [7, 11) is -1.97. The molecule has 1 aliphatic carbocycles. The SMILES string of the molecule is CN1CCc2cc(C(=O)Nc3ccc(NS(=O)(=O)CCO)cc3N3CCC4(CC3)CC4)nc(OCCC(F)(F)F)c21. The first-order valence-electron chi connectivity index (χ1n) is 13.6. The van der Waals surface area contributed by atoms with E-state index in [0.717, 1.165) is 31.5 Å². The first-order valence-corrected chi connectivity index (χ1v) is 15.3. The van der Waals surface area contributed by atoms with Gasteiger partial charge in [0.25, 0.3) is 5.91 Å². The number of rotatable bonds is 10. The van der Waals surface area contributed by atoms with Gasteiger partial charge in [0.05, 0.1) is 42.4 Å². The molecule has 0 radical (unpaired) electrons. The van der Waals surface area contributed by atoms with Gasteiger partial charge in [-0.2, -0.15) is 13.2 Å². The van der Waals surface area contributed by atoms with Gasteiger partial charge in [0, 0.05) is 26.7 Å². The number of aliphatic hydroxyl groups is 1. The van der Waals surface area contributed by atoms with Crippen LogP contribution in [0.25, 0.3) is 0 Å². The van der Waals surface area contributed by atoms with Crippen molar-refractivity contribution in [2.75, 3.05) is 65.5 Å². The zero-order valence-electron chi connectivity index (χ0n) is 22.8. The van der Waals surface area contributed by atoms with Crippen molar-refractivity contribution in [2.45, 2.75) is 44.7 Å². The maximum Gasteiger partial charge on any atom is 0.392 e. The van der Waals surface area contributed by atoms with Gasteiger partial charge in [-0.05, 0) is 67.3 Å². The number of alkyl halides is 3. The van der Waals surface area contributed by atoms with Crippen LogP contribution in [0.3, 0.4) is 0 Å². The van der Waals surface area contributed by atoms with Crippen LogP contribution in [0.5, 0.6) is 5.88 Å². The number of hydrogen-bond acceptors (Lipinski definition) is 8. The number of fused-ring (bicyclic) bond motifs is 1. The lowest BCUT2D eigenvalue weighted by atomic mass is 9.93. The Labute approximate surface area is 236 Å². The van der Waals surface area contributed by atoms with Gasteiger partial charge in [0.2, 0.25) is 15.9 Å². The van der Waals surface area contributed by atoms with Gasteiger partial charge in [0.15, 0.2) is 0 Å². The standard InChI is InChI=1S/C27H34F3N5O5S/c1-34-10-4-18-16-21(32-25(23(18)34)40-14-9-27(28,29)30)24(37)31-20-3-2-19(33-41(38,39)15-13-36)17-22(20)35-11-7-26(5-6-26)8-12-35/h2-3,16-17,33,36H,4-15H2,1H3,(H,31,37). The third-order valence-electron chi connectivity index (χ3n) is 8.00. The van der Waals surface area contributed by atoms with Crippen molar-refractivity contribution in [1.29, 1.82) is 0 Å². The van der Waals surface area contributed by atoms with Crippen molar-refractivity contribution in [3.05, 3.63) is 35.5 Å². The molecule has 14 heteroatoms. The Bertz CT molecular complexity index is 1400. The summed E-state index contributed by atoms with van der Waals surface area (Å²) in [6.45, 7) is 0.977. The molecule has 0 unspecified atom stereocenters. The van der Waals surface area contributed by atoms with Crippen LogP contribution in [-0.4, -0.2) is 76.2 Å². The minimum atomic E-state index is -4.38. The smallest absolute Gasteiger partial charge is 0.392 e. The highest BCUT2D eigenvalue weighted by molar-refractivity contribution is 7.92. The molecule has 0 atom stereocenters. The third kappa shape index (κ3) is 6.97. The van der Waals surface area contributed by atoms with Crippen LogP contribution in [-0.2, 0) is 16.4 Å². The van der Waals surface area contributed by atoms with Crippen molar-refractivity contribution in [2.24, 2.45) is 5.41 Å². The van der Waals surface area contributed by atoms with E-state index in [9.17, 15) is 26.4 Å². The number of carbonyl (C=O) groups is 1. The van der Waals surface area contributed by atoms with E-state index < -0.39 is 47.5 Å². The second kappa shape index (κ2) is 11.2. The Morgan fingerprint density at radius 1 is 1.15 bits per heavy atom. The summed E-state index contributed by atoms with van der Waals surface area (Å²) < 4.78 is 70.6. The third-order valence-corrected chi connectivity index (χ3v) is 9.26. The van der Waals surface area contributed by atoms with Crippen LogP contribution in [0, 0.1) is 5.41 Å². The Morgan fingerprint density at radius 3 is 2.54 bits per heavy atom. The predicted octanol–water partition coefficient (Wildman–Crippen LogP) is 3.77. The largest absolute Gasteiger partial charge is 0.476 e. The van der Waals surface area contributed by atoms with Crippen LogP contribution in [0.2, 0.25) is 0 Å². The zero-order valence-corrected chi connectivity index (χ0v) is 23.6. The molecule has 0 bridgehead atoms. The number of nitrogens with zero attached hydrogens (tertiary/aromatic N) is 3. The molecular formula is C27H34F3N5O5S. The van der Waals surface area contributed by atoms with E-state index in [1.165, 1.54) is 18.9 Å². The lowest BCUT2D eigenvalue weighted by Crippen LogP contribution is -2.35. The molecule has 1 spiro atoms. The number of nitrogens with one attached hydrogen (secondary N) is 2. The molecule has 10 nitrogen and oxygen atoms in total. The number of piperidine rings is 1. The van der Waals surface area contributed by atoms with Gasteiger partial charge in [-0.25, -0.2) is 13.4 Å². The molecule has 3 heterocycles. The summed E-state index contributed by atoms with van der Waals surface area (Å²) in [5.41, 5.74) is 3.13. The Hall–Kier alpha value is -3.26. The van der Waals surface area contributed by atoms with Gasteiger partial charge in [-0.1, -0.05) is 0 Å². The molecule has 1 amide bonds. The van der Waals surface area contributed by atoms with E-state index in [2.05, 4.69) is 19.9 Å². The fourth-order valence-corrected chi connectivity index (χ4v) is 6.27. The average Bonchev–Trinajstić information content (AvgIpc) is 3.54.